The Kier molecular flexibility index (Phi) is 4.51. The van der Waals surface area contributed by atoms with Crippen LogP contribution in [-0.2, 0) is 0 Å². The number of nitrogens with one attached hydrogen (secondary N) is 1. The third-order valence-corrected chi connectivity index (χ3v) is 5.16. The summed E-state index contributed by atoms with van der Waals surface area (Å²) in [5.74, 6) is 1.39. The summed E-state index contributed by atoms with van der Waals surface area (Å²) in [6.07, 6.45) is 4.95. The van der Waals surface area contributed by atoms with E-state index in [0.29, 0.717) is 17.5 Å². The van der Waals surface area contributed by atoms with E-state index >= 15 is 0 Å². The highest BCUT2D eigenvalue weighted by atomic mass is 15.2. The molecule has 1 saturated heterocycles. The van der Waals surface area contributed by atoms with E-state index in [0.717, 1.165) is 36.2 Å². The normalized spacial score (nSPS) is 20.2. The van der Waals surface area contributed by atoms with Crippen LogP contribution in [0.1, 0.15) is 23.6 Å². The largest absolute Gasteiger partial charge is 0.370 e. The molecule has 0 saturated carbocycles. The maximum Gasteiger partial charge on any atom is 0.126 e. The molecule has 0 radical (unpaired) electrons. The maximum atomic E-state index is 9.01. The van der Waals surface area contributed by atoms with Crippen molar-refractivity contribution in [2.45, 2.75) is 12.5 Å². The highest BCUT2D eigenvalue weighted by Gasteiger charge is 2.32. The van der Waals surface area contributed by atoms with Crippen molar-refractivity contribution in [3.63, 3.8) is 0 Å². The van der Waals surface area contributed by atoms with Crippen molar-refractivity contribution in [3.05, 3.63) is 66.0 Å². The summed E-state index contributed by atoms with van der Waals surface area (Å²) < 4.78 is 0. The number of likely N-dealkylation sites (tertiary alicyclic amines) is 1. The van der Waals surface area contributed by atoms with Gasteiger partial charge < -0.3 is 5.32 Å². The first kappa shape index (κ1) is 16.5. The van der Waals surface area contributed by atoms with Crippen LogP contribution in [-0.4, -0.2) is 35.0 Å². The summed E-state index contributed by atoms with van der Waals surface area (Å²) in [6, 6.07) is 16.3. The van der Waals surface area contributed by atoms with Gasteiger partial charge in [0.1, 0.15) is 5.82 Å². The summed E-state index contributed by atoms with van der Waals surface area (Å²) in [4.78, 5) is 11.4. The molecule has 130 valence electrons. The number of rotatable bonds is 4. The number of nitrogens with zero attached hydrogens (tertiary/aromatic N) is 4. The fourth-order valence-corrected chi connectivity index (χ4v) is 3.85. The second kappa shape index (κ2) is 7.11. The standard InChI is InChI=1S/C21H21N5/c1-26-10-8-18(21(26)17-3-2-9-23-13-17)14-24-20-7-5-16-11-15(12-22)4-6-19(16)25-20/h2-7,9,11,13,18,21H,8,10,14H2,1H3,(H,24,25)/t18-,21-/m0/s1. The predicted molar refractivity (Wildman–Crippen MR) is 103 cm³/mol. The fourth-order valence-electron chi connectivity index (χ4n) is 3.85. The van der Waals surface area contributed by atoms with E-state index in [1.54, 1.807) is 0 Å². The number of hydrogen-bond donors (Lipinski definition) is 1. The molecular formula is C21H21N5. The average molecular weight is 343 g/mol. The number of aromatic nitrogens is 2. The Morgan fingerprint density at radius 1 is 1.27 bits per heavy atom. The highest BCUT2D eigenvalue weighted by molar-refractivity contribution is 5.81. The third-order valence-electron chi connectivity index (χ3n) is 5.16. The van der Waals surface area contributed by atoms with Crippen molar-refractivity contribution in [2.24, 2.45) is 5.92 Å². The lowest BCUT2D eigenvalue weighted by atomic mass is 9.95. The first-order chi connectivity index (χ1) is 12.7. The van der Waals surface area contributed by atoms with Crippen molar-refractivity contribution < 1.29 is 0 Å². The van der Waals surface area contributed by atoms with Gasteiger partial charge in [0, 0.05) is 30.4 Å². The van der Waals surface area contributed by atoms with Gasteiger partial charge in [-0.25, -0.2) is 4.98 Å². The van der Waals surface area contributed by atoms with E-state index < -0.39 is 0 Å². The van der Waals surface area contributed by atoms with Crippen molar-refractivity contribution in [3.8, 4) is 6.07 Å². The molecule has 5 nitrogen and oxygen atoms in total. The molecule has 26 heavy (non-hydrogen) atoms. The van der Waals surface area contributed by atoms with Crippen molar-refractivity contribution >= 4 is 16.7 Å². The molecule has 4 rings (SSSR count). The molecule has 2 aromatic heterocycles. The number of nitriles is 1. The number of pyridine rings is 2. The molecule has 3 aromatic rings. The maximum absolute atomic E-state index is 9.01. The van der Waals surface area contributed by atoms with E-state index in [-0.39, 0.29) is 0 Å². The fraction of sp³-hybridized carbons (Fsp3) is 0.286. The number of anilines is 1. The lowest BCUT2D eigenvalue weighted by molar-refractivity contribution is 0.281. The smallest absolute Gasteiger partial charge is 0.126 e. The Balaban J connectivity index is 1.49. The molecule has 0 amide bonds. The molecule has 0 spiro atoms. The van der Waals surface area contributed by atoms with Crippen LogP contribution in [0.4, 0.5) is 5.82 Å². The van der Waals surface area contributed by atoms with Crippen LogP contribution in [0.25, 0.3) is 10.9 Å². The Labute approximate surface area is 153 Å². The predicted octanol–water partition coefficient (Wildman–Crippen LogP) is 3.61. The molecule has 0 unspecified atom stereocenters. The van der Waals surface area contributed by atoms with Gasteiger partial charge in [-0.3, -0.25) is 9.88 Å². The molecular weight excluding hydrogens is 322 g/mol. The quantitative estimate of drug-likeness (QED) is 0.784. The van der Waals surface area contributed by atoms with Crippen LogP contribution in [0.2, 0.25) is 0 Å². The van der Waals surface area contributed by atoms with Crippen molar-refractivity contribution in [1.82, 2.24) is 14.9 Å². The van der Waals surface area contributed by atoms with Crippen molar-refractivity contribution in [2.75, 3.05) is 25.5 Å². The van der Waals surface area contributed by atoms with Crippen LogP contribution < -0.4 is 5.32 Å². The summed E-state index contributed by atoms with van der Waals surface area (Å²) >= 11 is 0. The number of benzene rings is 1. The van der Waals surface area contributed by atoms with Gasteiger partial charge in [-0.2, -0.15) is 5.26 Å². The molecule has 1 aliphatic rings. The van der Waals surface area contributed by atoms with Gasteiger partial charge in [0.15, 0.2) is 0 Å². The van der Waals surface area contributed by atoms with Gasteiger partial charge in [-0.05, 0) is 67.9 Å². The van der Waals surface area contributed by atoms with Crippen LogP contribution >= 0.6 is 0 Å². The molecule has 1 fully saturated rings. The Morgan fingerprint density at radius 3 is 3.00 bits per heavy atom. The summed E-state index contributed by atoms with van der Waals surface area (Å²) in [6.45, 7) is 1.96. The van der Waals surface area contributed by atoms with Crippen LogP contribution in [0.15, 0.2) is 54.9 Å². The lowest BCUT2D eigenvalue weighted by Gasteiger charge is -2.25. The monoisotopic (exact) mass is 343 g/mol. The van der Waals surface area contributed by atoms with E-state index in [4.69, 9.17) is 5.26 Å². The van der Waals surface area contributed by atoms with E-state index in [1.165, 1.54) is 5.56 Å². The molecule has 1 aliphatic heterocycles. The van der Waals surface area contributed by atoms with E-state index in [2.05, 4.69) is 39.4 Å². The first-order valence-electron chi connectivity index (χ1n) is 8.89. The average Bonchev–Trinajstić information content (AvgIpc) is 3.07. The summed E-state index contributed by atoms with van der Waals surface area (Å²) in [5.41, 5.74) is 2.84. The molecule has 3 heterocycles. The number of hydrogen-bond acceptors (Lipinski definition) is 5. The molecule has 0 bridgehead atoms. The van der Waals surface area contributed by atoms with Crippen molar-refractivity contribution in [1.29, 1.82) is 5.26 Å². The van der Waals surface area contributed by atoms with Gasteiger partial charge in [0.05, 0.1) is 17.1 Å². The zero-order chi connectivity index (χ0) is 17.9. The molecule has 2 atom stereocenters. The Hall–Kier alpha value is -2.97. The summed E-state index contributed by atoms with van der Waals surface area (Å²) in [5, 5.41) is 13.5. The third kappa shape index (κ3) is 3.24. The minimum absolute atomic E-state index is 0.384. The number of fused-ring (bicyclic) bond motifs is 1. The second-order valence-corrected chi connectivity index (χ2v) is 6.86. The minimum atomic E-state index is 0.384. The van der Waals surface area contributed by atoms with Gasteiger partial charge >= 0.3 is 0 Å². The second-order valence-electron chi connectivity index (χ2n) is 6.86. The minimum Gasteiger partial charge on any atom is -0.370 e. The van der Waals surface area contributed by atoms with Gasteiger partial charge in [-0.15, -0.1) is 0 Å². The Bertz CT molecular complexity index is 948. The van der Waals surface area contributed by atoms with Crippen LogP contribution in [0.3, 0.4) is 0 Å². The lowest BCUT2D eigenvalue weighted by Crippen LogP contribution is -2.25. The summed E-state index contributed by atoms with van der Waals surface area (Å²) in [7, 11) is 2.18. The molecule has 1 N–H and O–H groups in total. The SMILES string of the molecule is CN1CC[C@@H](CNc2ccc3cc(C#N)ccc3n2)[C@@H]1c1cccnc1. The van der Waals surface area contributed by atoms with Crippen LogP contribution in [0, 0.1) is 17.2 Å². The Morgan fingerprint density at radius 2 is 2.19 bits per heavy atom. The zero-order valence-corrected chi connectivity index (χ0v) is 14.8. The molecule has 0 aliphatic carbocycles. The highest BCUT2D eigenvalue weighted by Crippen LogP contribution is 2.35. The van der Waals surface area contributed by atoms with Gasteiger partial charge in [-0.1, -0.05) is 6.07 Å². The van der Waals surface area contributed by atoms with Gasteiger partial charge in [0.25, 0.3) is 0 Å². The first-order valence-corrected chi connectivity index (χ1v) is 8.89. The van der Waals surface area contributed by atoms with Gasteiger partial charge in [0.2, 0.25) is 0 Å². The molecule has 5 heteroatoms. The van der Waals surface area contributed by atoms with E-state index in [9.17, 15) is 0 Å². The van der Waals surface area contributed by atoms with E-state index in [1.807, 2.05) is 48.8 Å². The van der Waals surface area contributed by atoms with Crippen LogP contribution in [0.5, 0.6) is 0 Å². The molecule has 1 aromatic carbocycles. The topological polar surface area (TPSA) is 64.8 Å². The zero-order valence-electron chi connectivity index (χ0n) is 14.8.